The van der Waals surface area contributed by atoms with Gasteiger partial charge in [0.15, 0.2) is 0 Å². The normalized spacial score (nSPS) is 15.6. The second kappa shape index (κ2) is 10.9. The lowest BCUT2D eigenvalue weighted by Crippen LogP contribution is -2.48. The average molecular weight is 529 g/mol. The summed E-state index contributed by atoms with van der Waals surface area (Å²) < 4.78 is 0. The molecular weight excluding hydrogens is 488 g/mol. The lowest BCUT2D eigenvalue weighted by molar-refractivity contribution is 0.182. The van der Waals surface area contributed by atoms with Crippen LogP contribution in [0.5, 0.6) is 0 Å². The number of aryl methyl sites for hydroxylation is 2. The van der Waals surface area contributed by atoms with Crippen LogP contribution < -0.4 is 15.8 Å². The molecule has 206 valence electrons. The number of aromatic amines is 2. The Morgan fingerprint density at radius 1 is 1.08 bits per heavy atom. The quantitative estimate of drug-likeness (QED) is 0.274. The molecule has 39 heavy (non-hydrogen) atoms. The number of imidazole rings is 1. The highest BCUT2D eigenvalue weighted by molar-refractivity contribution is 5.87. The Labute approximate surface area is 230 Å². The van der Waals surface area contributed by atoms with E-state index in [0.717, 1.165) is 60.4 Å². The number of H-pyrrole nitrogens is 2. The maximum absolute atomic E-state index is 13.0. The summed E-state index contributed by atoms with van der Waals surface area (Å²) in [6.45, 7) is 16.4. The number of hydrogen-bond donors (Lipinski definition) is 4. The molecule has 8 nitrogen and oxygen atoms in total. The molecule has 5 rings (SSSR count). The van der Waals surface area contributed by atoms with Crippen molar-refractivity contribution < 1.29 is 5.11 Å². The summed E-state index contributed by atoms with van der Waals surface area (Å²) >= 11 is 0. The molecule has 1 aliphatic rings. The second-order valence-electron chi connectivity index (χ2n) is 12.0. The molecule has 0 radical (unpaired) electrons. The van der Waals surface area contributed by atoms with E-state index in [2.05, 4.69) is 64.9 Å². The molecular formula is C31H40N6O2. The number of aliphatic hydroxyl groups excluding tert-OH is 1. The Kier molecular flexibility index (Phi) is 7.51. The fourth-order valence-corrected chi connectivity index (χ4v) is 5.47. The highest BCUT2D eigenvalue weighted by atomic mass is 16.3. The second-order valence-corrected chi connectivity index (χ2v) is 12.0. The predicted octanol–water partition coefficient (Wildman–Crippen LogP) is 4.85. The topological polar surface area (TPSA) is 100 Å². The molecule has 0 saturated carbocycles. The summed E-state index contributed by atoms with van der Waals surface area (Å²) in [7, 11) is 0. The number of fused-ring (bicyclic) bond motifs is 1. The third kappa shape index (κ3) is 6.18. The minimum Gasteiger partial charge on any atom is -0.387 e. The number of nitrogens with zero attached hydrogens (tertiary/aromatic N) is 3. The third-order valence-electron chi connectivity index (χ3n) is 7.31. The number of pyridine rings is 1. The highest BCUT2D eigenvalue weighted by Gasteiger charge is 2.23. The fraction of sp³-hybridized carbons (Fsp3) is 0.419. The molecule has 3 heterocycles. The van der Waals surface area contributed by atoms with Gasteiger partial charge in [0.05, 0.1) is 22.8 Å². The van der Waals surface area contributed by atoms with Crippen molar-refractivity contribution in [2.75, 3.05) is 49.5 Å². The maximum Gasteiger partial charge on any atom is 0.261 e. The first-order chi connectivity index (χ1) is 18.6. The minimum absolute atomic E-state index is 0.239. The van der Waals surface area contributed by atoms with Crippen LogP contribution in [0.25, 0.3) is 22.4 Å². The van der Waals surface area contributed by atoms with Crippen molar-refractivity contribution in [1.29, 1.82) is 0 Å². The molecule has 1 saturated heterocycles. The number of rotatable bonds is 7. The van der Waals surface area contributed by atoms with Crippen molar-refractivity contribution in [2.45, 2.75) is 40.7 Å². The first-order valence-electron chi connectivity index (χ1n) is 13.8. The lowest BCUT2D eigenvalue weighted by atomic mass is 9.96. The first-order valence-corrected chi connectivity index (χ1v) is 13.8. The molecule has 1 fully saturated rings. The highest BCUT2D eigenvalue weighted by Crippen LogP contribution is 2.30. The van der Waals surface area contributed by atoms with Crippen LogP contribution >= 0.6 is 0 Å². The van der Waals surface area contributed by atoms with Gasteiger partial charge in [0.2, 0.25) is 0 Å². The molecule has 1 aliphatic heterocycles. The van der Waals surface area contributed by atoms with E-state index in [1.807, 2.05) is 37.3 Å². The summed E-state index contributed by atoms with van der Waals surface area (Å²) in [6.07, 6.45) is 0.903. The largest absolute Gasteiger partial charge is 0.387 e. The van der Waals surface area contributed by atoms with Gasteiger partial charge in [0, 0.05) is 51.2 Å². The Bertz CT molecular complexity index is 1510. The lowest BCUT2D eigenvalue weighted by Gasteiger charge is -2.39. The van der Waals surface area contributed by atoms with Crippen LogP contribution in [-0.4, -0.2) is 64.2 Å². The van der Waals surface area contributed by atoms with Gasteiger partial charge in [-0.15, -0.1) is 0 Å². The molecule has 0 spiro atoms. The molecule has 0 bridgehead atoms. The molecule has 4 N–H and O–H groups in total. The number of aromatic nitrogens is 3. The van der Waals surface area contributed by atoms with Crippen molar-refractivity contribution in [3.8, 4) is 11.4 Å². The van der Waals surface area contributed by atoms with Crippen LogP contribution in [0.15, 0.2) is 53.5 Å². The van der Waals surface area contributed by atoms with Crippen LogP contribution in [0.2, 0.25) is 0 Å². The fourth-order valence-electron chi connectivity index (χ4n) is 5.47. The van der Waals surface area contributed by atoms with E-state index in [-0.39, 0.29) is 12.1 Å². The zero-order chi connectivity index (χ0) is 27.7. The summed E-state index contributed by atoms with van der Waals surface area (Å²) in [5.74, 6) is 0.509. The van der Waals surface area contributed by atoms with Gasteiger partial charge in [-0.3, -0.25) is 9.69 Å². The maximum atomic E-state index is 13.0. The number of anilines is 2. The van der Waals surface area contributed by atoms with Crippen molar-refractivity contribution in [1.82, 2.24) is 19.9 Å². The third-order valence-corrected chi connectivity index (χ3v) is 7.31. The molecule has 8 heteroatoms. The number of hydrogen-bond acceptors (Lipinski definition) is 6. The minimum atomic E-state index is -0.707. The van der Waals surface area contributed by atoms with Gasteiger partial charge in [0.25, 0.3) is 5.56 Å². The van der Waals surface area contributed by atoms with Crippen molar-refractivity contribution in [3.63, 3.8) is 0 Å². The van der Waals surface area contributed by atoms with Gasteiger partial charge in [-0.2, -0.15) is 0 Å². The molecule has 2 aromatic carbocycles. The molecule has 4 aromatic rings. The average Bonchev–Trinajstić information content (AvgIpc) is 3.31. The Morgan fingerprint density at radius 3 is 2.56 bits per heavy atom. The Hall–Kier alpha value is -3.62. The summed E-state index contributed by atoms with van der Waals surface area (Å²) in [6, 6.07) is 14.0. The standard InChI is InChI=1S/C31H40N6O2/c1-20-7-6-8-22(15-20)26(38)18-33-24-9-10-32-30(39)27(24)29-34-25-17-23(16-21(2)28(25)35-29)37-13-11-36(12-14-37)19-31(3,4)5/h6-10,15-17,26,38H,11-14,18-19H2,1-5H3,(H,34,35)(H2,32,33,39). The van der Waals surface area contributed by atoms with Crippen molar-refractivity contribution in [2.24, 2.45) is 5.41 Å². The van der Waals surface area contributed by atoms with Crippen LogP contribution in [-0.2, 0) is 0 Å². The van der Waals surface area contributed by atoms with Crippen LogP contribution in [0.3, 0.4) is 0 Å². The van der Waals surface area contributed by atoms with Gasteiger partial charge in [-0.05, 0) is 48.6 Å². The zero-order valence-corrected chi connectivity index (χ0v) is 23.6. The van der Waals surface area contributed by atoms with Gasteiger partial charge in [-0.25, -0.2) is 4.98 Å². The Morgan fingerprint density at radius 2 is 1.85 bits per heavy atom. The van der Waals surface area contributed by atoms with Gasteiger partial charge in [0.1, 0.15) is 11.4 Å². The molecule has 0 aliphatic carbocycles. The van der Waals surface area contributed by atoms with Gasteiger partial charge >= 0.3 is 0 Å². The number of piperazine rings is 1. The van der Waals surface area contributed by atoms with Gasteiger partial charge in [-0.1, -0.05) is 50.6 Å². The smallest absolute Gasteiger partial charge is 0.261 e. The summed E-state index contributed by atoms with van der Waals surface area (Å²) in [5.41, 5.74) is 7.04. The molecule has 1 unspecified atom stereocenters. The van der Waals surface area contributed by atoms with E-state index >= 15 is 0 Å². The number of nitrogens with one attached hydrogen (secondary N) is 3. The van der Waals surface area contributed by atoms with E-state index in [1.165, 1.54) is 5.69 Å². The predicted molar refractivity (Wildman–Crippen MR) is 160 cm³/mol. The molecule has 2 aromatic heterocycles. The van der Waals surface area contributed by atoms with E-state index < -0.39 is 6.10 Å². The van der Waals surface area contributed by atoms with Crippen LogP contribution in [0, 0.1) is 19.3 Å². The van der Waals surface area contributed by atoms with E-state index in [1.54, 1.807) is 6.20 Å². The SMILES string of the molecule is Cc1cccc(C(O)CNc2cc[nH]c(=O)c2-c2nc3c(C)cc(N4CCN(CC(C)(C)C)CC4)cc3[nH]2)c1. The van der Waals surface area contributed by atoms with Crippen LogP contribution in [0.1, 0.15) is 43.6 Å². The molecule has 0 amide bonds. The first kappa shape index (κ1) is 27.0. The summed E-state index contributed by atoms with van der Waals surface area (Å²) in [4.78, 5) is 29.0. The molecule has 1 atom stereocenters. The number of aliphatic hydroxyl groups is 1. The van der Waals surface area contributed by atoms with E-state index in [4.69, 9.17) is 4.98 Å². The zero-order valence-electron chi connectivity index (χ0n) is 23.6. The van der Waals surface area contributed by atoms with Crippen molar-refractivity contribution in [3.05, 3.63) is 75.7 Å². The Balaban J connectivity index is 1.37. The van der Waals surface area contributed by atoms with E-state index in [0.29, 0.717) is 22.5 Å². The number of benzene rings is 2. The van der Waals surface area contributed by atoms with E-state index in [9.17, 15) is 9.90 Å². The van der Waals surface area contributed by atoms with Gasteiger partial charge < -0.3 is 25.3 Å². The monoisotopic (exact) mass is 528 g/mol. The van der Waals surface area contributed by atoms with Crippen molar-refractivity contribution >= 4 is 22.4 Å². The summed E-state index contributed by atoms with van der Waals surface area (Å²) in [5, 5.41) is 14.0. The van der Waals surface area contributed by atoms with Crippen LogP contribution in [0.4, 0.5) is 11.4 Å².